The fourth-order valence-electron chi connectivity index (χ4n) is 2.40. The molecule has 0 radical (unpaired) electrons. The molecule has 0 bridgehead atoms. The van der Waals surface area contributed by atoms with E-state index in [1.54, 1.807) is 31.3 Å². The van der Waals surface area contributed by atoms with Gasteiger partial charge in [0.2, 0.25) is 11.8 Å². The monoisotopic (exact) mass is 398 g/mol. The molecule has 0 saturated heterocycles. The standard InChI is InChI=1S/C19H21F3N2O4/c1-24(14-6-8-17(27-3)23-11-14)18(25)9-5-13-4-7-15(16(10-13)26-2)28-12-19(20,21)22/h4,6-8,10-11H,5,9,12H2,1-3H3. The molecule has 0 N–H and O–H groups in total. The number of aryl methyl sites for hydroxylation is 1. The van der Waals surface area contributed by atoms with E-state index in [1.807, 2.05) is 0 Å². The Morgan fingerprint density at radius 3 is 2.43 bits per heavy atom. The van der Waals surface area contributed by atoms with Crippen LogP contribution in [0.5, 0.6) is 17.4 Å². The molecule has 1 amide bonds. The molecule has 0 spiro atoms. The zero-order valence-corrected chi connectivity index (χ0v) is 15.7. The molecule has 2 rings (SSSR count). The van der Waals surface area contributed by atoms with E-state index in [1.165, 1.54) is 31.4 Å². The van der Waals surface area contributed by atoms with Crippen molar-refractivity contribution in [2.75, 3.05) is 32.8 Å². The first kappa shape index (κ1) is 21.3. The van der Waals surface area contributed by atoms with Gasteiger partial charge in [0.05, 0.1) is 26.1 Å². The lowest BCUT2D eigenvalue weighted by Gasteiger charge is -2.17. The Bertz CT molecular complexity index is 795. The van der Waals surface area contributed by atoms with Crippen LogP contribution < -0.4 is 19.1 Å². The van der Waals surface area contributed by atoms with Crippen molar-refractivity contribution < 1.29 is 32.2 Å². The van der Waals surface area contributed by atoms with Crippen LogP contribution in [-0.2, 0) is 11.2 Å². The molecule has 2 aromatic rings. The maximum atomic E-state index is 12.4. The van der Waals surface area contributed by atoms with Gasteiger partial charge in [-0.3, -0.25) is 4.79 Å². The van der Waals surface area contributed by atoms with Gasteiger partial charge in [0.1, 0.15) is 0 Å². The molecule has 0 aliphatic heterocycles. The Labute approximate surface area is 160 Å². The summed E-state index contributed by atoms with van der Waals surface area (Å²) in [4.78, 5) is 17.9. The molecular weight excluding hydrogens is 377 g/mol. The van der Waals surface area contributed by atoms with E-state index in [4.69, 9.17) is 14.2 Å². The second-order valence-corrected chi connectivity index (χ2v) is 5.90. The highest BCUT2D eigenvalue weighted by Gasteiger charge is 2.29. The van der Waals surface area contributed by atoms with E-state index >= 15 is 0 Å². The number of ether oxygens (including phenoxy) is 3. The van der Waals surface area contributed by atoms with Crippen LogP contribution in [0.25, 0.3) is 0 Å². The molecule has 0 atom stereocenters. The van der Waals surface area contributed by atoms with Crippen LogP contribution in [0.4, 0.5) is 18.9 Å². The summed E-state index contributed by atoms with van der Waals surface area (Å²) < 4.78 is 51.7. The second-order valence-electron chi connectivity index (χ2n) is 5.90. The van der Waals surface area contributed by atoms with Crippen molar-refractivity contribution in [1.82, 2.24) is 4.98 Å². The number of methoxy groups -OCH3 is 2. The molecule has 28 heavy (non-hydrogen) atoms. The predicted octanol–water partition coefficient (Wildman–Crippen LogP) is 3.64. The van der Waals surface area contributed by atoms with Gasteiger partial charge in [-0.1, -0.05) is 6.07 Å². The minimum atomic E-state index is -4.43. The van der Waals surface area contributed by atoms with Crippen molar-refractivity contribution in [2.24, 2.45) is 0 Å². The fourth-order valence-corrected chi connectivity index (χ4v) is 2.40. The molecule has 1 aromatic carbocycles. The first-order valence-electron chi connectivity index (χ1n) is 8.36. The predicted molar refractivity (Wildman–Crippen MR) is 97.1 cm³/mol. The number of aromatic nitrogens is 1. The normalized spacial score (nSPS) is 11.1. The van der Waals surface area contributed by atoms with Gasteiger partial charge in [0.25, 0.3) is 0 Å². The maximum absolute atomic E-state index is 12.4. The number of alkyl halides is 3. The molecule has 1 aromatic heterocycles. The Kier molecular flexibility index (Phi) is 7.08. The third-order valence-electron chi connectivity index (χ3n) is 3.94. The van der Waals surface area contributed by atoms with E-state index in [0.29, 0.717) is 18.0 Å². The second kappa shape index (κ2) is 9.29. The lowest BCUT2D eigenvalue weighted by Crippen LogP contribution is -2.26. The van der Waals surface area contributed by atoms with Gasteiger partial charge < -0.3 is 19.1 Å². The number of halogens is 3. The summed E-state index contributed by atoms with van der Waals surface area (Å²) in [5.41, 5.74) is 1.37. The Hall–Kier alpha value is -2.97. The van der Waals surface area contributed by atoms with Crippen LogP contribution in [-0.4, -0.2) is 44.9 Å². The first-order chi connectivity index (χ1) is 13.2. The van der Waals surface area contributed by atoms with E-state index < -0.39 is 12.8 Å². The van der Waals surface area contributed by atoms with Crippen LogP contribution in [0, 0.1) is 0 Å². The Morgan fingerprint density at radius 1 is 1.11 bits per heavy atom. The maximum Gasteiger partial charge on any atom is 0.422 e. The van der Waals surface area contributed by atoms with Gasteiger partial charge in [0, 0.05) is 19.5 Å². The summed E-state index contributed by atoms with van der Waals surface area (Å²) >= 11 is 0. The number of anilines is 1. The Morgan fingerprint density at radius 2 is 1.86 bits per heavy atom. The number of benzene rings is 1. The summed E-state index contributed by atoms with van der Waals surface area (Å²) in [5.74, 6) is 0.492. The summed E-state index contributed by atoms with van der Waals surface area (Å²) in [6.45, 7) is -1.40. The van der Waals surface area contributed by atoms with Gasteiger partial charge in [0.15, 0.2) is 18.1 Å². The molecule has 9 heteroatoms. The van der Waals surface area contributed by atoms with Gasteiger partial charge in [-0.2, -0.15) is 13.2 Å². The van der Waals surface area contributed by atoms with Crippen molar-refractivity contribution in [3.8, 4) is 17.4 Å². The van der Waals surface area contributed by atoms with Crippen LogP contribution in [0.2, 0.25) is 0 Å². The highest BCUT2D eigenvalue weighted by atomic mass is 19.4. The molecular formula is C19H21F3N2O4. The van der Waals surface area contributed by atoms with Crippen LogP contribution in [0.3, 0.4) is 0 Å². The highest BCUT2D eigenvalue weighted by Crippen LogP contribution is 2.30. The van der Waals surface area contributed by atoms with Gasteiger partial charge in [-0.15, -0.1) is 0 Å². The average Bonchev–Trinajstić information content (AvgIpc) is 2.69. The SMILES string of the molecule is COc1ccc(N(C)C(=O)CCc2ccc(OCC(F)(F)F)c(OC)c2)cn1. The largest absolute Gasteiger partial charge is 0.493 e. The van der Waals surface area contributed by atoms with E-state index in [0.717, 1.165) is 5.56 Å². The number of hydrogen-bond donors (Lipinski definition) is 0. The van der Waals surface area contributed by atoms with Gasteiger partial charge in [-0.05, 0) is 30.2 Å². The summed E-state index contributed by atoms with van der Waals surface area (Å²) in [6.07, 6.45) is -2.30. The number of amides is 1. The number of hydrogen-bond acceptors (Lipinski definition) is 5. The number of rotatable bonds is 8. The fraction of sp³-hybridized carbons (Fsp3) is 0.368. The molecule has 152 valence electrons. The van der Waals surface area contributed by atoms with Crippen LogP contribution in [0.15, 0.2) is 36.5 Å². The summed E-state index contributed by atoms with van der Waals surface area (Å²) in [5, 5.41) is 0. The van der Waals surface area contributed by atoms with Crippen molar-refractivity contribution >= 4 is 11.6 Å². The minimum absolute atomic E-state index is 0.00340. The molecule has 0 saturated carbocycles. The highest BCUT2D eigenvalue weighted by molar-refractivity contribution is 5.92. The first-order valence-corrected chi connectivity index (χ1v) is 8.36. The topological polar surface area (TPSA) is 60.9 Å². The number of nitrogens with zero attached hydrogens (tertiary/aromatic N) is 2. The van der Waals surface area contributed by atoms with Crippen molar-refractivity contribution in [3.05, 3.63) is 42.1 Å². The Balaban J connectivity index is 1.97. The van der Waals surface area contributed by atoms with E-state index in [2.05, 4.69) is 4.98 Å². The van der Waals surface area contributed by atoms with Gasteiger partial charge >= 0.3 is 6.18 Å². The average molecular weight is 398 g/mol. The van der Waals surface area contributed by atoms with Crippen LogP contribution in [0.1, 0.15) is 12.0 Å². The molecule has 1 heterocycles. The van der Waals surface area contributed by atoms with E-state index in [9.17, 15) is 18.0 Å². The lowest BCUT2D eigenvalue weighted by atomic mass is 10.1. The number of pyridine rings is 1. The van der Waals surface area contributed by atoms with E-state index in [-0.39, 0.29) is 23.8 Å². The molecule has 0 fully saturated rings. The number of carbonyl (C=O) groups excluding carboxylic acids is 1. The quantitative estimate of drug-likeness (QED) is 0.680. The van der Waals surface area contributed by atoms with Gasteiger partial charge in [-0.25, -0.2) is 4.98 Å². The molecule has 0 aliphatic rings. The zero-order chi connectivity index (χ0) is 20.7. The smallest absolute Gasteiger partial charge is 0.422 e. The summed E-state index contributed by atoms with van der Waals surface area (Å²) in [6, 6.07) is 7.95. The molecule has 6 nitrogen and oxygen atoms in total. The zero-order valence-electron chi connectivity index (χ0n) is 15.7. The minimum Gasteiger partial charge on any atom is -0.493 e. The van der Waals surface area contributed by atoms with Crippen LogP contribution >= 0.6 is 0 Å². The number of carbonyl (C=O) groups is 1. The van der Waals surface area contributed by atoms with Crippen molar-refractivity contribution in [1.29, 1.82) is 0 Å². The third kappa shape index (κ3) is 6.04. The molecule has 0 aliphatic carbocycles. The van der Waals surface area contributed by atoms with Crippen molar-refractivity contribution in [3.63, 3.8) is 0 Å². The van der Waals surface area contributed by atoms with Crippen molar-refractivity contribution in [2.45, 2.75) is 19.0 Å². The summed E-state index contributed by atoms with van der Waals surface area (Å²) in [7, 11) is 4.49. The third-order valence-corrected chi connectivity index (χ3v) is 3.94. The lowest BCUT2D eigenvalue weighted by molar-refractivity contribution is -0.153. The molecule has 0 unspecified atom stereocenters.